The topological polar surface area (TPSA) is 61.7 Å². The average molecular weight is 730 g/mol. The van der Waals surface area contributed by atoms with Gasteiger partial charge in [-0.25, -0.2) is 4.98 Å². The molecule has 12 rings (SSSR count). The summed E-state index contributed by atoms with van der Waals surface area (Å²) in [4.78, 5) is 15.3. The summed E-state index contributed by atoms with van der Waals surface area (Å²) in [5, 5.41) is 6.86. The van der Waals surface area contributed by atoms with Gasteiger partial charge in [-0.15, -0.1) is 0 Å². The van der Waals surface area contributed by atoms with Gasteiger partial charge in [0.25, 0.3) is 0 Å². The highest BCUT2D eigenvalue weighted by molar-refractivity contribution is 6.18. The molecule has 6 nitrogen and oxygen atoms in total. The molecule has 0 radical (unpaired) electrons. The molecule has 0 saturated carbocycles. The summed E-state index contributed by atoms with van der Waals surface area (Å²) in [6.07, 6.45) is 0. The Hall–Kier alpha value is -7.83. The summed E-state index contributed by atoms with van der Waals surface area (Å²) in [7, 11) is 0. The summed E-state index contributed by atoms with van der Waals surface area (Å²) < 4.78 is 11.1. The van der Waals surface area contributed by atoms with Crippen LogP contribution < -0.4 is 0 Å². The SMILES string of the molecule is c1ccc(-c2nc(-c3ccccc3)nc(-n3c4ccccc4c4c(-c5ccc6c(c5)c5ccccc5n6-c5cccc6c5oc5ccccc56)cccc43)n2)cc1. The van der Waals surface area contributed by atoms with Crippen LogP contribution in [0.15, 0.2) is 192 Å². The van der Waals surface area contributed by atoms with Crippen LogP contribution in [0.5, 0.6) is 0 Å². The predicted octanol–water partition coefficient (Wildman–Crippen LogP) is 13.0. The molecule has 57 heavy (non-hydrogen) atoms. The normalized spacial score (nSPS) is 11.9. The molecule has 266 valence electrons. The molecule has 12 aromatic rings. The Morgan fingerprint density at radius 3 is 1.70 bits per heavy atom. The Kier molecular flexibility index (Phi) is 6.83. The van der Waals surface area contributed by atoms with Gasteiger partial charge in [0, 0.05) is 43.4 Å². The number of furan rings is 1. The van der Waals surface area contributed by atoms with Crippen molar-refractivity contribution in [2.45, 2.75) is 0 Å². The van der Waals surface area contributed by atoms with Crippen molar-refractivity contribution in [3.05, 3.63) is 188 Å². The van der Waals surface area contributed by atoms with Crippen LogP contribution in [-0.4, -0.2) is 24.1 Å². The zero-order chi connectivity index (χ0) is 37.5. The molecule has 8 aromatic carbocycles. The molecule has 0 saturated heterocycles. The first-order valence-electron chi connectivity index (χ1n) is 19.1. The van der Waals surface area contributed by atoms with Crippen LogP contribution in [0.3, 0.4) is 0 Å². The summed E-state index contributed by atoms with van der Waals surface area (Å²) in [5.41, 5.74) is 11.2. The number of para-hydroxylation sites is 4. The molecule has 0 bridgehead atoms. The van der Waals surface area contributed by atoms with E-state index >= 15 is 0 Å². The van der Waals surface area contributed by atoms with Crippen LogP contribution in [-0.2, 0) is 0 Å². The lowest BCUT2D eigenvalue weighted by Crippen LogP contribution is -2.06. The maximum absolute atomic E-state index is 6.55. The molecular weight excluding hydrogens is 699 g/mol. The molecule has 0 amide bonds. The van der Waals surface area contributed by atoms with Crippen LogP contribution in [0.25, 0.3) is 111 Å². The number of nitrogens with zero attached hydrogens (tertiary/aromatic N) is 5. The van der Waals surface area contributed by atoms with Crippen LogP contribution in [0, 0.1) is 0 Å². The smallest absolute Gasteiger partial charge is 0.238 e. The van der Waals surface area contributed by atoms with Crippen molar-refractivity contribution in [2.24, 2.45) is 0 Å². The van der Waals surface area contributed by atoms with E-state index in [2.05, 4.69) is 124 Å². The van der Waals surface area contributed by atoms with Crippen molar-refractivity contribution < 1.29 is 4.42 Å². The highest BCUT2D eigenvalue weighted by Gasteiger charge is 2.22. The fraction of sp³-hybridized carbons (Fsp3) is 0. The van der Waals surface area contributed by atoms with E-state index in [0.29, 0.717) is 17.6 Å². The lowest BCUT2D eigenvalue weighted by Gasteiger charge is -2.11. The molecule has 0 fully saturated rings. The Labute approximate surface area is 326 Å². The van der Waals surface area contributed by atoms with Crippen LogP contribution >= 0.6 is 0 Å². The number of benzene rings is 8. The molecule has 0 aliphatic heterocycles. The van der Waals surface area contributed by atoms with E-state index in [1.54, 1.807) is 0 Å². The largest absolute Gasteiger partial charge is 0.454 e. The third-order valence-corrected chi connectivity index (χ3v) is 11.2. The lowest BCUT2D eigenvalue weighted by atomic mass is 9.98. The van der Waals surface area contributed by atoms with Gasteiger partial charge < -0.3 is 8.98 Å². The van der Waals surface area contributed by atoms with E-state index in [9.17, 15) is 0 Å². The maximum atomic E-state index is 6.55. The van der Waals surface area contributed by atoms with Gasteiger partial charge in [-0.05, 0) is 53.6 Å². The second-order valence-corrected chi connectivity index (χ2v) is 14.4. The van der Waals surface area contributed by atoms with Crippen molar-refractivity contribution in [3.8, 4) is 45.5 Å². The minimum atomic E-state index is 0.573. The Morgan fingerprint density at radius 1 is 0.368 bits per heavy atom. The van der Waals surface area contributed by atoms with Gasteiger partial charge >= 0.3 is 0 Å². The van der Waals surface area contributed by atoms with Gasteiger partial charge in [-0.1, -0.05) is 146 Å². The minimum absolute atomic E-state index is 0.573. The van der Waals surface area contributed by atoms with Crippen molar-refractivity contribution in [2.75, 3.05) is 0 Å². The molecule has 0 N–H and O–H groups in total. The van der Waals surface area contributed by atoms with Gasteiger partial charge in [0.1, 0.15) is 5.58 Å². The molecular formula is C51H31N5O. The molecule has 0 spiro atoms. The first kappa shape index (κ1) is 31.5. The van der Waals surface area contributed by atoms with Crippen molar-refractivity contribution in [3.63, 3.8) is 0 Å². The first-order chi connectivity index (χ1) is 28.3. The molecule has 6 heteroatoms. The first-order valence-corrected chi connectivity index (χ1v) is 19.1. The van der Waals surface area contributed by atoms with Gasteiger partial charge in [0.15, 0.2) is 17.2 Å². The summed E-state index contributed by atoms with van der Waals surface area (Å²) >= 11 is 0. The highest BCUT2D eigenvalue weighted by Crippen LogP contribution is 2.42. The third kappa shape index (κ3) is 4.81. The maximum Gasteiger partial charge on any atom is 0.238 e. The minimum Gasteiger partial charge on any atom is -0.454 e. The second kappa shape index (κ2) is 12.3. The molecule has 0 aliphatic rings. The second-order valence-electron chi connectivity index (χ2n) is 14.4. The predicted molar refractivity (Wildman–Crippen MR) is 232 cm³/mol. The van der Waals surface area contributed by atoms with Gasteiger partial charge in [-0.3, -0.25) is 4.57 Å². The average Bonchev–Trinajstić information content (AvgIpc) is 3.95. The number of fused-ring (bicyclic) bond motifs is 9. The number of hydrogen-bond acceptors (Lipinski definition) is 4. The summed E-state index contributed by atoms with van der Waals surface area (Å²) in [6, 6.07) is 65.6. The summed E-state index contributed by atoms with van der Waals surface area (Å²) in [5.74, 6) is 1.83. The zero-order valence-corrected chi connectivity index (χ0v) is 30.5. The van der Waals surface area contributed by atoms with Gasteiger partial charge in [0.2, 0.25) is 5.95 Å². The molecule has 0 aliphatic carbocycles. The lowest BCUT2D eigenvalue weighted by molar-refractivity contribution is 0.666. The Morgan fingerprint density at radius 2 is 0.947 bits per heavy atom. The van der Waals surface area contributed by atoms with Crippen molar-refractivity contribution >= 4 is 65.6 Å². The number of rotatable bonds is 5. The van der Waals surface area contributed by atoms with E-state index in [-0.39, 0.29) is 0 Å². The standard InChI is InChI=1S/C51H31N5O/c1-3-15-32(16-4-1)49-52-50(33-17-5-2-6-18-33)54-51(53-49)56-42-25-11-8-21-39(42)47-35(22-13-26-44(47)56)34-29-30-43-40(31-34)36-19-7-10-24-41(36)55(43)45-27-14-23-38-37-20-9-12-28-46(37)57-48(38)45/h1-31H. The zero-order valence-electron chi connectivity index (χ0n) is 30.5. The third-order valence-electron chi connectivity index (χ3n) is 11.2. The molecule has 0 unspecified atom stereocenters. The quantitative estimate of drug-likeness (QED) is 0.177. The summed E-state index contributed by atoms with van der Waals surface area (Å²) in [6.45, 7) is 0. The van der Waals surface area contributed by atoms with E-state index in [4.69, 9.17) is 19.4 Å². The van der Waals surface area contributed by atoms with E-state index in [0.717, 1.165) is 82.7 Å². The Balaban J connectivity index is 1.09. The number of hydrogen-bond donors (Lipinski definition) is 0. The molecule has 4 aromatic heterocycles. The van der Waals surface area contributed by atoms with Gasteiger partial charge in [0.05, 0.1) is 27.8 Å². The molecule has 4 heterocycles. The van der Waals surface area contributed by atoms with E-state index < -0.39 is 0 Å². The van der Waals surface area contributed by atoms with E-state index in [1.807, 2.05) is 72.8 Å². The highest BCUT2D eigenvalue weighted by atomic mass is 16.3. The Bertz CT molecular complexity index is 3470. The monoisotopic (exact) mass is 729 g/mol. The number of aromatic nitrogens is 5. The van der Waals surface area contributed by atoms with Gasteiger partial charge in [-0.2, -0.15) is 9.97 Å². The van der Waals surface area contributed by atoms with Crippen molar-refractivity contribution in [1.29, 1.82) is 0 Å². The van der Waals surface area contributed by atoms with Crippen molar-refractivity contribution in [1.82, 2.24) is 24.1 Å². The van der Waals surface area contributed by atoms with Crippen LogP contribution in [0.4, 0.5) is 0 Å². The fourth-order valence-electron chi connectivity index (χ4n) is 8.68. The van der Waals surface area contributed by atoms with Crippen LogP contribution in [0.2, 0.25) is 0 Å². The van der Waals surface area contributed by atoms with Crippen LogP contribution in [0.1, 0.15) is 0 Å². The van der Waals surface area contributed by atoms with E-state index in [1.165, 1.54) is 10.8 Å². The fourth-order valence-corrected chi connectivity index (χ4v) is 8.68. The molecule has 0 atom stereocenters.